The van der Waals surface area contributed by atoms with Crippen molar-refractivity contribution in [3.8, 4) is 0 Å². The average molecular weight is 650 g/mol. The fourth-order valence-electron chi connectivity index (χ4n) is 4.89. The number of sulfonamides is 1. The summed E-state index contributed by atoms with van der Waals surface area (Å²) in [5.74, 6) is -1.51. The zero-order valence-corrected chi connectivity index (χ0v) is 27.1. The third-order valence-corrected chi connectivity index (χ3v) is 9.56. The van der Waals surface area contributed by atoms with E-state index in [-0.39, 0.29) is 35.0 Å². The molecule has 7 nitrogen and oxygen atoms in total. The van der Waals surface area contributed by atoms with Crippen LogP contribution in [0.2, 0.25) is 5.02 Å². The maximum absolute atomic E-state index is 15.0. The van der Waals surface area contributed by atoms with E-state index in [1.54, 1.807) is 55.5 Å². The molecule has 4 aromatic carbocycles. The summed E-state index contributed by atoms with van der Waals surface area (Å²) in [6.45, 7) is 5.02. The molecule has 1 unspecified atom stereocenters. The average Bonchev–Trinajstić information content (AvgIpc) is 3.03. The number of amides is 2. The molecule has 4 rings (SSSR count). The Morgan fingerprint density at radius 2 is 1.49 bits per heavy atom. The molecule has 1 N–H and O–H groups in total. The Kier molecular flexibility index (Phi) is 11.4. The molecule has 0 aromatic heterocycles. The highest BCUT2D eigenvalue weighted by molar-refractivity contribution is 7.92. The van der Waals surface area contributed by atoms with Crippen LogP contribution in [0.3, 0.4) is 0 Å². The molecular weight excluding hydrogens is 613 g/mol. The van der Waals surface area contributed by atoms with Gasteiger partial charge in [0.1, 0.15) is 18.4 Å². The molecule has 0 aliphatic heterocycles. The van der Waals surface area contributed by atoms with E-state index in [1.165, 1.54) is 29.2 Å². The Morgan fingerprint density at radius 3 is 2.13 bits per heavy atom. The molecule has 0 aliphatic carbocycles. The van der Waals surface area contributed by atoms with Gasteiger partial charge in [0.2, 0.25) is 11.8 Å². The molecule has 0 aliphatic rings. The summed E-state index contributed by atoms with van der Waals surface area (Å²) in [6.07, 6.45) is 0.132. The van der Waals surface area contributed by atoms with Crippen LogP contribution in [0.15, 0.2) is 108 Å². The summed E-state index contributed by atoms with van der Waals surface area (Å²) >= 11 is 6.41. The van der Waals surface area contributed by atoms with Crippen LogP contribution < -0.4 is 9.62 Å². The Morgan fingerprint density at radius 1 is 0.867 bits per heavy atom. The van der Waals surface area contributed by atoms with Gasteiger partial charge in [-0.15, -0.1) is 0 Å². The lowest BCUT2D eigenvalue weighted by Crippen LogP contribution is -2.54. The number of anilines is 1. The summed E-state index contributed by atoms with van der Waals surface area (Å²) in [4.78, 5) is 29.5. The van der Waals surface area contributed by atoms with Gasteiger partial charge in [0.15, 0.2) is 0 Å². The molecule has 45 heavy (non-hydrogen) atoms. The Balaban J connectivity index is 1.83. The van der Waals surface area contributed by atoms with Crippen molar-refractivity contribution in [2.75, 3.05) is 17.4 Å². The fraction of sp³-hybridized carbons (Fsp3) is 0.257. The highest BCUT2D eigenvalue weighted by Gasteiger charge is 2.35. The van der Waals surface area contributed by atoms with E-state index in [0.717, 1.165) is 9.87 Å². The molecule has 0 fully saturated rings. The minimum absolute atomic E-state index is 0.0201. The molecule has 0 saturated carbocycles. The number of carbonyl (C=O) groups is 2. The van der Waals surface area contributed by atoms with Crippen molar-refractivity contribution in [3.05, 3.63) is 131 Å². The van der Waals surface area contributed by atoms with Crippen LogP contribution in [0.5, 0.6) is 0 Å². The molecule has 4 aromatic rings. The molecule has 0 radical (unpaired) electrons. The molecule has 0 saturated heterocycles. The van der Waals surface area contributed by atoms with Gasteiger partial charge in [-0.3, -0.25) is 13.9 Å². The molecule has 2 amide bonds. The fourth-order valence-corrected chi connectivity index (χ4v) is 6.55. The first-order chi connectivity index (χ1) is 21.5. The maximum Gasteiger partial charge on any atom is 0.264 e. The van der Waals surface area contributed by atoms with Crippen molar-refractivity contribution in [1.82, 2.24) is 10.2 Å². The van der Waals surface area contributed by atoms with Gasteiger partial charge >= 0.3 is 0 Å². The third kappa shape index (κ3) is 8.49. The Hall–Kier alpha value is -4.21. The van der Waals surface area contributed by atoms with Gasteiger partial charge in [-0.2, -0.15) is 0 Å². The standard InChI is InChI=1S/C35H37ClFN3O4S/c1-25(2)22-38-35(42)33(21-27-13-6-4-7-14-27)39(23-28-15-10-11-19-31(28)37)34(41)24-40(32-20-12-18-30(36)26(32)3)45(43,44)29-16-8-5-9-17-29/h4-20,25,33H,21-24H2,1-3H3,(H,38,42). The summed E-state index contributed by atoms with van der Waals surface area (Å²) in [6, 6.07) is 26.7. The first-order valence-corrected chi connectivity index (χ1v) is 16.5. The normalized spacial score (nSPS) is 12.0. The van der Waals surface area contributed by atoms with Crippen LogP contribution in [0.1, 0.15) is 30.5 Å². The molecule has 1 atom stereocenters. The number of nitrogens with one attached hydrogen (secondary N) is 1. The topological polar surface area (TPSA) is 86.8 Å². The number of carbonyl (C=O) groups excluding carboxylic acids is 2. The molecule has 0 spiro atoms. The van der Waals surface area contributed by atoms with Gasteiger partial charge in [-0.05, 0) is 54.3 Å². The number of rotatable bonds is 13. The summed E-state index contributed by atoms with van der Waals surface area (Å²) < 4.78 is 44.3. The third-order valence-electron chi connectivity index (χ3n) is 7.37. The van der Waals surface area contributed by atoms with E-state index in [1.807, 2.05) is 44.2 Å². The van der Waals surface area contributed by atoms with Crippen LogP contribution in [0.4, 0.5) is 10.1 Å². The highest BCUT2D eigenvalue weighted by Crippen LogP contribution is 2.31. The van der Waals surface area contributed by atoms with Crippen molar-refractivity contribution < 1.29 is 22.4 Å². The monoisotopic (exact) mass is 649 g/mol. The molecule has 236 valence electrons. The molecule has 0 bridgehead atoms. The number of nitrogens with zero attached hydrogens (tertiary/aromatic N) is 2. The second-order valence-corrected chi connectivity index (χ2v) is 13.4. The number of hydrogen-bond acceptors (Lipinski definition) is 4. The van der Waals surface area contributed by atoms with E-state index < -0.39 is 40.2 Å². The zero-order chi connectivity index (χ0) is 32.6. The summed E-state index contributed by atoms with van der Waals surface area (Å²) in [5.41, 5.74) is 1.65. The van der Waals surface area contributed by atoms with Crippen molar-refractivity contribution >= 4 is 39.1 Å². The quantitative estimate of drug-likeness (QED) is 0.182. The van der Waals surface area contributed by atoms with Gasteiger partial charge in [-0.1, -0.05) is 98.2 Å². The second kappa shape index (κ2) is 15.2. The number of benzene rings is 4. The number of hydrogen-bond donors (Lipinski definition) is 1. The first-order valence-electron chi connectivity index (χ1n) is 14.7. The SMILES string of the molecule is Cc1c(Cl)cccc1N(CC(=O)N(Cc1ccccc1F)C(Cc1ccccc1)C(=O)NCC(C)C)S(=O)(=O)c1ccccc1. The lowest BCUT2D eigenvalue weighted by atomic mass is 10.0. The van der Waals surface area contributed by atoms with E-state index in [9.17, 15) is 18.0 Å². The maximum atomic E-state index is 15.0. The van der Waals surface area contributed by atoms with Crippen LogP contribution in [0.25, 0.3) is 0 Å². The summed E-state index contributed by atoms with van der Waals surface area (Å²) in [7, 11) is -4.28. The lowest BCUT2D eigenvalue weighted by Gasteiger charge is -2.34. The van der Waals surface area contributed by atoms with E-state index in [4.69, 9.17) is 11.6 Å². The zero-order valence-electron chi connectivity index (χ0n) is 25.5. The highest BCUT2D eigenvalue weighted by atomic mass is 35.5. The van der Waals surface area contributed by atoms with Gasteiger partial charge < -0.3 is 10.2 Å². The smallest absolute Gasteiger partial charge is 0.264 e. The van der Waals surface area contributed by atoms with Crippen LogP contribution in [-0.4, -0.2) is 44.3 Å². The van der Waals surface area contributed by atoms with E-state index in [0.29, 0.717) is 17.1 Å². The van der Waals surface area contributed by atoms with Gasteiger partial charge in [0, 0.05) is 30.1 Å². The van der Waals surface area contributed by atoms with Crippen LogP contribution in [0, 0.1) is 18.7 Å². The van der Waals surface area contributed by atoms with Gasteiger partial charge in [-0.25, -0.2) is 12.8 Å². The molecular formula is C35H37ClFN3O4S. The Labute approximate surface area is 269 Å². The van der Waals surface area contributed by atoms with E-state index in [2.05, 4.69) is 5.32 Å². The lowest BCUT2D eigenvalue weighted by molar-refractivity contribution is -0.140. The predicted octanol–water partition coefficient (Wildman–Crippen LogP) is 6.40. The van der Waals surface area contributed by atoms with Gasteiger partial charge in [0.25, 0.3) is 10.0 Å². The van der Waals surface area contributed by atoms with Gasteiger partial charge in [0.05, 0.1) is 10.6 Å². The van der Waals surface area contributed by atoms with Crippen molar-refractivity contribution in [1.29, 1.82) is 0 Å². The summed E-state index contributed by atoms with van der Waals surface area (Å²) in [5, 5.41) is 3.25. The number of halogens is 2. The molecule has 0 heterocycles. The van der Waals surface area contributed by atoms with Crippen LogP contribution >= 0.6 is 11.6 Å². The largest absolute Gasteiger partial charge is 0.354 e. The minimum atomic E-state index is -4.28. The first kappa shape index (κ1) is 33.7. The van der Waals surface area contributed by atoms with Crippen molar-refractivity contribution in [3.63, 3.8) is 0 Å². The Bertz CT molecular complexity index is 1720. The second-order valence-electron chi connectivity index (χ2n) is 11.2. The van der Waals surface area contributed by atoms with E-state index >= 15 is 4.39 Å². The predicted molar refractivity (Wildman–Crippen MR) is 176 cm³/mol. The van der Waals surface area contributed by atoms with Crippen molar-refractivity contribution in [2.24, 2.45) is 5.92 Å². The van der Waals surface area contributed by atoms with Crippen LogP contribution in [-0.2, 0) is 32.6 Å². The van der Waals surface area contributed by atoms with Crippen molar-refractivity contribution in [2.45, 2.75) is 44.7 Å². The molecule has 10 heteroatoms. The minimum Gasteiger partial charge on any atom is -0.354 e.